The molecule has 0 aliphatic rings. The van der Waals surface area contributed by atoms with Gasteiger partial charge in [0.05, 0.1) is 15.3 Å². The van der Waals surface area contributed by atoms with E-state index in [4.69, 9.17) is 11.0 Å². The van der Waals surface area contributed by atoms with Gasteiger partial charge >= 0.3 is 0 Å². The van der Waals surface area contributed by atoms with Gasteiger partial charge in [0.2, 0.25) is 0 Å². The molecule has 13 heavy (non-hydrogen) atoms. The third-order valence-corrected chi connectivity index (χ3v) is 3.19. The Kier molecular flexibility index (Phi) is 1.98. The minimum absolute atomic E-state index is 0.672. The van der Waals surface area contributed by atoms with Crippen molar-refractivity contribution in [3.05, 3.63) is 28.2 Å². The van der Waals surface area contributed by atoms with Gasteiger partial charge in [-0.25, -0.2) is 0 Å². The summed E-state index contributed by atoms with van der Waals surface area (Å²) in [4.78, 5) is 0. The smallest absolute Gasteiger partial charge is 0.101 e. The van der Waals surface area contributed by atoms with Crippen molar-refractivity contribution < 1.29 is 0 Å². The third-order valence-electron chi connectivity index (χ3n) is 1.72. The van der Waals surface area contributed by atoms with Crippen LogP contribution in [0.15, 0.2) is 22.7 Å². The molecule has 0 spiro atoms. The molecule has 0 unspecified atom stereocenters. The summed E-state index contributed by atoms with van der Waals surface area (Å²) in [5, 5.41) is 10.6. The molecule has 4 heteroatoms. The van der Waals surface area contributed by atoms with Crippen molar-refractivity contribution in [3.8, 4) is 6.07 Å². The molecule has 1 heterocycles. The maximum atomic E-state index is 8.86. The van der Waals surface area contributed by atoms with Gasteiger partial charge < -0.3 is 5.73 Å². The Morgan fingerprint density at radius 2 is 2.15 bits per heavy atom. The molecule has 0 aliphatic heterocycles. The first-order valence-electron chi connectivity index (χ1n) is 3.59. The number of halogens is 1. The highest BCUT2D eigenvalue weighted by molar-refractivity contribution is 9.10. The summed E-state index contributed by atoms with van der Waals surface area (Å²) in [6, 6.07) is 7.79. The molecular formula is C9H5BrN2S. The van der Waals surface area contributed by atoms with Crippen LogP contribution in [0.4, 0.5) is 5.00 Å². The van der Waals surface area contributed by atoms with Crippen molar-refractivity contribution in [2.24, 2.45) is 0 Å². The normalized spacial score (nSPS) is 10.2. The van der Waals surface area contributed by atoms with E-state index in [0.717, 1.165) is 19.6 Å². The fourth-order valence-electron chi connectivity index (χ4n) is 1.22. The largest absolute Gasteiger partial charge is 0.391 e. The maximum Gasteiger partial charge on any atom is 0.101 e. The van der Waals surface area contributed by atoms with Crippen LogP contribution in [0.25, 0.3) is 10.1 Å². The molecule has 64 valence electrons. The van der Waals surface area contributed by atoms with Crippen LogP contribution < -0.4 is 5.73 Å². The third kappa shape index (κ3) is 1.41. The monoisotopic (exact) mass is 252 g/mol. The Labute approximate surface area is 87.7 Å². The van der Waals surface area contributed by atoms with Gasteiger partial charge in [-0.3, -0.25) is 0 Å². The van der Waals surface area contributed by atoms with E-state index in [1.165, 1.54) is 11.3 Å². The lowest BCUT2D eigenvalue weighted by Crippen LogP contribution is -1.74. The van der Waals surface area contributed by atoms with E-state index in [2.05, 4.69) is 22.0 Å². The highest BCUT2D eigenvalue weighted by atomic mass is 79.9. The van der Waals surface area contributed by atoms with E-state index in [0.29, 0.717) is 5.56 Å². The number of benzene rings is 1. The first-order chi connectivity index (χ1) is 6.20. The van der Waals surface area contributed by atoms with Gasteiger partial charge in [-0.1, -0.05) is 15.9 Å². The van der Waals surface area contributed by atoms with Gasteiger partial charge in [0.15, 0.2) is 0 Å². The SMILES string of the molecule is N#Cc1cc(Br)cc2cc(N)sc12. The van der Waals surface area contributed by atoms with E-state index >= 15 is 0 Å². The van der Waals surface area contributed by atoms with Gasteiger partial charge in [-0.05, 0) is 23.6 Å². The lowest BCUT2D eigenvalue weighted by Gasteiger charge is -1.93. The molecule has 0 fully saturated rings. The highest BCUT2D eigenvalue weighted by Gasteiger charge is 2.05. The van der Waals surface area contributed by atoms with Crippen molar-refractivity contribution in [2.75, 3.05) is 5.73 Å². The second-order valence-electron chi connectivity index (χ2n) is 2.63. The molecule has 1 aromatic heterocycles. The van der Waals surface area contributed by atoms with Crippen LogP contribution in [0.1, 0.15) is 5.56 Å². The van der Waals surface area contributed by atoms with Crippen molar-refractivity contribution in [3.63, 3.8) is 0 Å². The predicted octanol–water partition coefficient (Wildman–Crippen LogP) is 3.12. The van der Waals surface area contributed by atoms with Crippen LogP contribution in [-0.2, 0) is 0 Å². The van der Waals surface area contributed by atoms with Crippen LogP contribution in [0.3, 0.4) is 0 Å². The Hall–Kier alpha value is -1.05. The number of nitrogens with zero attached hydrogens (tertiary/aromatic N) is 1. The Balaban J connectivity index is 2.90. The van der Waals surface area contributed by atoms with Crippen LogP contribution >= 0.6 is 27.3 Å². The number of hydrogen-bond acceptors (Lipinski definition) is 3. The van der Waals surface area contributed by atoms with Crippen molar-refractivity contribution in [1.82, 2.24) is 0 Å². The topological polar surface area (TPSA) is 49.8 Å². The second-order valence-corrected chi connectivity index (χ2v) is 4.63. The Morgan fingerprint density at radius 1 is 1.38 bits per heavy atom. The quantitative estimate of drug-likeness (QED) is 0.784. The molecule has 0 radical (unpaired) electrons. The zero-order valence-electron chi connectivity index (χ0n) is 6.54. The molecule has 0 bridgehead atoms. The number of hydrogen-bond donors (Lipinski definition) is 1. The zero-order valence-corrected chi connectivity index (χ0v) is 8.95. The summed E-state index contributed by atoms with van der Waals surface area (Å²) in [6.45, 7) is 0. The summed E-state index contributed by atoms with van der Waals surface area (Å²) < 4.78 is 1.87. The molecule has 2 aromatic rings. The first kappa shape index (κ1) is 8.54. The molecule has 0 aliphatic carbocycles. The molecule has 2 rings (SSSR count). The second kappa shape index (κ2) is 3.02. The first-order valence-corrected chi connectivity index (χ1v) is 5.20. The summed E-state index contributed by atoms with van der Waals surface area (Å²) in [5.74, 6) is 0. The number of nitrogens with two attached hydrogens (primary N) is 1. The van der Waals surface area contributed by atoms with Gasteiger partial charge in [-0.2, -0.15) is 5.26 Å². The van der Waals surface area contributed by atoms with Crippen LogP contribution in [0, 0.1) is 11.3 Å². The van der Waals surface area contributed by atoms with Crippen molar-refractivity contribution >= 4 is 42.4 Å². The highest BCUT2D eigenvalue weighted by Crippen LogP contribution is 2.32. The van der Waals surface area contributed by atoms with E-state index in [1.807, 2.05) is 12.1 Å². The molecule has 0 amide bonds. The summed E-state index contributed by atoms with van der Waals surface area (Å²) >= 11 is 4.79. The standard InChI is InChI=1S/C9H5BrN2S/c10-7-1-5-3-8(12)13-9(5)6(2-7)4-11/h1-3H,12H2. The van der Waals surface area contributed by atoms with E-state index < -0.39 is 0 Å². The minimum Gasteiger partial charge on any atom is -0.391 e. The lowest BCUT2D eigenvalue weighted by atomic mass is 10.2. The number of nitriles is 1. The molecule has 0 saturated carbocycles. The zero-order chi connectivity index (χ0) is 9.42. The van der Waals surface area contributed by atoms with Crippen LogP contribution in [0.5, 0.6) is 0 Å². The van der Waals surface area contributed by atoms with Crippen molar-refractivity contribution in [1.29, 1.82) is 5.26 Å². The van der Waals surface area contributed by atoms with Gasteiger partial charge in [0.25, 0.3) is 0 Å². The van der Waals surface area contributed by atoms with E-state index in [9.17, 15) is 0 Å². The number of anilines is 1. The fraction of sp³-hybridized carbons (Fsp3) is 0. The van der Waals surface area contributed by atoms with Crippen LogP contribution in [-0.4, -0.2) is 0 Å². The van der Waals surface area contributed by atoms with Gasteiger partial charge in [0.1, 0.15) is 6.07 Å². The molecule has 2 nitrogen and oxygen atoms in total. The average molecular weight is 253 g/mol. The predicted molar refractivity (Wildman–Crippen MR) is 58.7 cm³/mol. The Morgan fingerprint density at radius 3 is 2.85 bits per heavy atom. The summed E-state index contributed by atoms with van der Waals surface area (Å²) in [5.41, 5.74) is 6.33. The Bertz CT molecular complexity index is 510. The summed E-state index contributed by atoms with van der Waals surface area (Å²) in [7, 11) is 0. The maximum absolute atomic E-state index is 8.86. The molecule has 0 atom stereocenters. The number of fused-ring (bicyclic) bond motifs is 1. The molecular weight excluding hydrogens is 248 g/mol. The molecule has 0 saturated heterocycles. The number of thiophene rings is 1. The average Bonchev–Trinajstić information content (AvgIpc) is 2.43. The lowest BCUT2D eigenvalue weighted by molar-refractivity contribution is 1.50. The van der Waals surface area contributed by atoms with E-state index in [1.54, 1.807) is 6.07 Å². The molecule has 1 aromatic carbocycles. The van der Waals surface area contributed by atoms with Gasteiger partial charge in [-0.15, -0.1) is 11.3 Å². The van der Waals surface area contributed by atoms with E-state index in [-0.39, 0.29) is 0 Å². The summed E-state index contributed by atoms with van der Waals surface area (Å²) in [6.07, 6.45) is 0. The minimum atomic E-state index is 0.672. The van der Waals surface area contributed by atoms with Gasteiger partial charge in [0, 0.05) is 4.47 Å². The molecule has 2 N–H and O–H groups in total. The van der Waals surface area contributed by atoms with Crippen molar-refractivity contribution in [2.45, 2.75) is 0 Å². The number of nitrogen functional groups attached to an aromatic ring is 1. The number of rotatable bonds is 0. The van der Waals surface area contributed by atoms with Crippen LogP contribution in [0.2, 0.25) is 0 Å². The fourth-order valence-corrected chi connectivity index (χ4v) is 2.57.